The lowest BCUT2D eigenvalue weighted by atomic mass is 10.2. The van der Waals surface area contributed by atoms with Crippen LogP contribution in [0, 0.1) is 3.57 Å². The minimum Gasteiger partial charge on any atom is -0.294 e. The highest BCUT2D eigenvalue weighted by atomic mass is 127. The first-order valence-corrected chi connectivity index (χ1v) is 8.45. The van der Waals surface area contributed by atoms with E-state index in [0.29, 0.717) is 0 Å². The Hall–Kier alpha value is -0.590. The van der Waals surface area contributed by atoms with Crippen LogP contribution in [-0.2, 0) is 0 Å². The molecule has 0 bridgehead atoms. The predicted octanol–water partition coefficient (Wildman–Crippen LogP) is 5.69. The van der Waals surface area contributed by atoms with Gasteiger partial charge >= 0.3 is 0 Å². The molecule has 0 N–H and O–H groups in total. The molecular formula is C15H11BrClIN2. The summed E-state index contributed by atoms with van der Waals surface area (Å²) in [5, 5.41) is -0.155. The van der Waals surface area contributed by atoms with Gasteiger partial charge in [0.25, 0.3) is 0 Å². The number of imidazole rings is 1. The van der Waals surface area contributed by atoms with Crippen molar-refractivity contribution in [3.63, 3.8) is 0 Å². The van der Waals surface area contributed by atoms with Crippen LogP contribution in [0.1, 0.15) is 18.1 Å². The van der Waals surface area contributed by atoms with Gasteiger partial charge in [0.05, 0.1) is 22.1 Å². The zero-order valence-corrected chi connectivity index (χ0v) is 15.1. The maximum Gasteiger partial charge on any atom is 0.132 e. The third kappa shape index (κ3) is 2.49. The first-order valence-electron chi connectivity index (χ1n) is 6.15. The number of benzene rings is 2. The van der Waals surface area contributed by atoms with E-state index in [4.69, 9.17) is 11.6 Å². The molecule has 2 nitrogen and oxygen atoms in total. The lowest BCUT2D eigenvalue weighted by molar-refractivity contribution is 0.880. The fraction of sp³-hybridized carbons (Fsp3) is 0.133. The molecule has 5 heteroatoms. The fourth-order valence-corrected chi connectivity index (χ4v) is 3.34. The monoisotopic (exact) mass is 460 g/mol. The molecule has 0 saturated heterocycles. The van der Waals surface area contributed by atoms with Crippen molar-refractivity contribution in [3.05, 3.63) is 56.3 Å². The molecule has 0 spiro atoms. The molecule has 3 rings (SSSR count). The number of alkyl halides is 1. The van der Waals surface area contributed by atoms with Gasteiger partial charge in [-0.15, -0.1) is 11.6 Å². The van der Waals surface area contributed by atoms with Gasteiger partial charge in [-0.05, 0) is 59.8 Å². The first kappa shape index (κ1) is 14.4. The van der Waals surface area contributed by atoms with Gasteiger partial charge in [-0.2, -0.15) is 0 Å². The summed E-state index contributed by atoms with van der Waals surface area (Å²) in [5.74, 6) is 0.865. The fourth-order valence-electron chi connectivity index (χ4n) is 2.22. The first-order chi connectivity index (χ1) is 9.58. The van der Waals surface area contributed by atoms with E-state index in [1.165, 1.54) is 3.57 Å². The smallest absolute Gasteiger partial charge is 0.132 e. The van der Waals surface area contributed by atoms with Crippen molar-refractivity contribution in [1.29, 1.82) is 0 Å². The summed E-state index contributed by atoms with van der Waals surface area (Å²) < 4.78 is 4.34. The summed E-state index contributed by atoms with van der Waals surface area (Å²) in [5.41, 5.74) is 3.12. The van der Waals surface area contributed by atoms with E-state index in [0.717, 1.165) is 27.0 Å². The van der Waals surface area contributed by atoms with Crippen LogP contribution in [0.2, 0.25) is 0 Å². The second-order valence-electron chi connectivity index (χ2n) is 4.51. The number of fused-ring (bicyclic) bond motifs is 1. The molecular weight excluding hydrogens is 450 g/mol. The average molecular weight is 462 g/mol. The molecule has 0 fully saturated rings. The van der Waals surface area contributed by atoms with Crippen LogP contribution in [-0.4, -0.2) is 9.55 Å². The van der Waals surface area contributed by atoms with Gasteiger partial charge in [-0.1, -0.05) is 28.1 Å². The lowest BCUT2D eigenvalue weighted by Crippen LogP contribution is -2.03. The molecule has 0 saturated carbocycles. The van der Waals surface area contributed by atoms with E-state index in [9.17, 15) is 0 Å². The molecule has 1 heterocycles. The number of hydrogen-bond acceptors (Lipinski definition) is 1. The van der Waals surface area contributed by atoms with Crippen LogP contribution in [0.5, 0.6) is 0 Å². The predicted molar refractivity (Wildman–Crippen MR) is 95.8 cm³/mol. The van der Waals surface area contributed by atoms with Crippen molar-refractivity contribution in [1.82, 2.24) is 9.55 Å². The Morgan fingerprint density at radius 1 is 1.25 bits per heavy atom. The standard InChI is InChI=1S/C15H11BrClIN2/c1-9(17)15-19-12-7-6-10(16)8-14(12)20(15)13-5-3-2-4-11(13)18/h2-9H,1H3. The number of halogens is 3. The molecule has 2 aromatic carbocycles. The van der Waals surface area contributed by atoms with E-state index in [1.807, 2.05) is 31.2 Å². The second kappa shape index (κ2) is 5.66. The largest absolute Gasteiger partial charge is 0.294 e. The molecule has 3 aromatic rings. The van der Waals surface area contributed by atoms with E-state index in [-0.39, 0.29) is 5.38 Å². The molecule has 1 unspecified atom stereocenters. The topological polar surface area (TPSA) is 17.8 Å². The third-order valence-corrected chi connectivity index (χ3v) is 4.69. The molecule has 102 valence electrons. The molecule has 1 atom stereocenters. The van der Waals surface area contributed by atoms with Crippen molar-refractivity contribution in [2.24, 2.45) is 0 Å². The zero-order chi connectivity index (χ0) is 14.3. The van der Waals surface area contributed by atoms with E-state index >= 15 is 0 Å². The summed E-state index contributed by atoms with van der Waals surface area (Å²) in [4.78, 5) is 4.68. The number of rotatable bonds is 2. The Labute approximate surface area is 144 Å². The van der Waals surface area contributed by atoms with Gasteiger partial charge in [-0.3, -0.25) is 4.57 Å². The van der Waals surface area contributed by atoms with Gasteiger partial charge in [-0.25, -0.2) is 4.98 Å². The van der Waals surface area contributed by atoms with Crippen LogP contribution in [0.15, 0.2) is 46.9 Å². The number of para-hydroxylation sites is 1. The Kier molecular flexibility index (Phi) is 4.06. The highest BCUT2D eigenvalue weighted by Crippen LogP contribution is 2.31. The minimum absolute atomic E-state index is 0.155. The van der Waals surface area contributed by atoms with Crippen molar-refractivity contribution in [3.8, 4) is 5.69 Å². The second-order valence-corrected chi connectivity index (χ2v) is 7.24. The molecule has 0 radical (unpaired) electrons. The quantitative estimate of drug-likeness (QED) is 0.354. The lowest BCUT2D eigenvalue weighted by Gasteiger charge is -2.12. The summed E-state index contributed by atoms with van der Waals surface area (Å²) in [6.07, 6.45) is 0. The van der Waals surface area contributed by atoms with Crippen molar-refractivity contribution >= 4 is 61.2 Å². The molecule has 0 amide bonds. The Morgan fingerprint density at radius 2 is 2.00 bits per heavy atom. The Morgan fingerprint density at radius 3 is 2.70 bits per heavy atom. The average Bonchev–Trinajstić information content (AvgIpc) is 2.78. The maximum atomic E-state index is 6.32. The van der Waals surface area contributed by atoms with Gasteiger partial charge in [0.2, 0.25) is 0 Å². The van der Waals surface area contributed by atoms with Crippen LogP contribution >= 0.6 is 50.1 Å². The van der Waals surface area contributed by atoms with E-state index in [2.05, 4.69) is 66.3 Å². The molecule has 20 heavy (non-hydrogen) atoms. The highest BCUT2D eigenvalue weighted by molar-refractivity contribution is 14.1. The van der Waals surface area contributed by atoms with Crippen LogP contribution < -0.4 is 0 Å². The summed E-state index contributed by atoms with van der Waals surface area (Å²) in [7, 11) is 0. The van der Waals surface area contributed by atoms with Crippen molar-refractivity contribution in [2.75, 3.05) is 0 Å². The van der Waals surface area contributed by atoms with Gasteiger partial charge in [0, 0.05) is 8.04 Å². The molecule has 1 aromatic heterocycles. The normalized spacial score (nSPS) is 12.8. The van der Waals surface area contributed by atoms with E-state index < -0.39 is 0 Å². The van der Waals surface area contributed by atoms with Crippen LogP contribution in [0.3, 0.4) is 0 Å². The SMILES string of the molecule is CC(Cl)c1nc2ccc(Br)cc2n1-c1ccccc1I. The zero-order valence-electron chi connectivity index (χ0n) is 10.6. The molecule has 0 aliphatic rings. The van der Waals surface area contributed by atoms with Gasteiger partial charge in [0.15, 0.2) is 0 Å². The van der Waals surface area contributed by atoms with Gasteiger partial charge < -0.3 is 0 Å². The number of hydrogen-bond donors (Lipinski definition) is 0. The molecule has 0 aliphatic carbocycles. The third-order valence-electron chi connectivity index (χ3n) is 3.09. The highest BCUT2D eigenvalue weighted by Gasteiger charge is 2.17. The summed E-state index contributed by atoms with van der Waals surface area (Å²) in [6.45, 7) is 1.95. The van der Waals surface area contributed by atoms with Gasteiger partial charge in [0.1, 0.15) is 5.82 Å². The Balaban J connectivity index is 2.40. The van der Waals surface area contributed by atoms with E-state index in [1.54, 1.807) is 0 Å². The summed E-state index contributed by atoms with van der Waals surface area (Å²) in [6, 6.07) is 14.3. The van der Waals surface area contributed by atoms with Crippen LogP contribution in [0.4, 0.5) is 0 Å². The minimum atomic E-state index is -0.155. The maximum absolute atomic E-state index is 6.32. The van der Waals surface area contributed by atoms with Crippen molar-refractivity contribution < 1.29 is 0 Å². The summed E-state index contributed by atoms with van der Waals surface area (Å²) >= 11 is 12.2. The number of nitrogens with zero attached hydrogens (tertiary/aromatic N) is 2. The van der Waals surface area contributed by atoms with Crippen LogP contribution in [0.25, 0.3) is 16.7 Å². The Bertz CT molecular complexity index is 783. The number of aromatic nitrogens is 2. The van der Waals surface area contributed by atoms with Crippen molar-refractivity contribution in [2.45, 2.75) is 12.3 Å². The molecule has 0 aliphatic heterocycles.